The number of para-hydroxylation sites is 1. The van der Waals surface area contributed by atoms with Gasteiger partial charge in [0.25, 0.3) is 15.9 Å². The van der Waals surface area contributed by atoms with Gasteiger partial charge >= 0.3 is 5.97 Å². The van der Waals surface area contributed by atoms with E-state index in [-0.39, 0.29) is 16.1 Å². The van der Waals surface area contributed by atoms with E-state index in [1.807, 2.05) is 0 Å². The maximum atomic E-state index is 13.7. The zero-order valence-corrected chi connectivity index (χ0v) is 19.5. The molecule has 3 aromatic rings. The van der Waals surface area contributed by atoms with Crippen LogP contribution in [0.5, 0.6) is 5.75 Å². The summed E-state index contributed by atoms with van der Waals surface area (Å²) in [5.74, 6) is -1.69. The summed E-state index contributed by atoms with van der Waals surface area (Å²) in [5.41, 5.74) is 0.284. The van der Waals surface area contributed by atoms with Crippen LogP contribution in [0.1, 0.15) is 17.3 Å². The molecule has 0 heterocycles. The third-order valence-corrected chi connectivity index (χ3v) is 6.73. The van der Waals surface area contributed by atoms with Gasteiger partial charge in [0.05, 0.1) is 28.9 Å². The Morgan fingerprint density at radius 1 is 1.00 bits per heavy atom. The second-order valence-corrected chi connectivity index (χ2v) is 9.18. The third-order valence-electron chi connectivity index (χ3n) is 4.95. The van der Waals surface area contributed by atoms with E-state index in [0.717, 1.165) is 4.31 Å². The van der Waals surface area contributed by atoms with Crippen LogP contribution in [-0.2, 0) is 19.6 Å². The summed E-state index contributed by atoms with van der Waals surface area (Å²) >= 11 is 0. The van der Waals surface area contributed by atoms with Crippen molar-refractivity contribution >= 4 is 33.3 Å². The minimum Gasteiger partial charge on any atom is -0.497 e. The number of anilines is 2. The number of hydrogen-bond donors (Lipinski definition) is 1. The number of nitrogens with one attached hydrogen (secondary N) is 1. The highest BCUT2D eigenvalue weighted by molar-refractivity contribution is 7.92. The van der Waals surface area contributed by atoms with Gasteiger partial charge in [0, 0.05) is 7.05 Å². The molecule has 1 amide bonds. The number of esters is 1. The summed E-state index contributed by atoms with van der Waals surface area (Å²) < 4.78 is 51.2. The van der Waals surface area contributed by atoms with Gasteiger partial charge in [-0.1, -0.05) is 18.2 Å². The Morgan fingerprint density at radius 3 is 2.32 bits per heavy atom. The highest BCUT2D eigenvalue weighted by atomic mass is 32.2. The van der Waals surface area contributed by atoms with Crippen molar-refractivity contribution < 1.29 is 31.9 Å². The van der Waals surface area contributed by atoms with Crippen molar-refractivity contribution in [1.82, 2.24) is 0 Å². The number of amides is 1. The van der Waals surface area contributed by atoms with E-state index in [9.17, 15) is 22.4 Å². The SMILES string of the molecule is COc1ccc(N(C)S(=O)(=O)c2cccc(C(=O)O[C@H](C)C(=O)Nc3ccccc3F)c2)cc1. The first-order chi connectivity index (χ1) is 16.1. The smallest absolute Gasteiger partial charge is 0.338 e. The molecular weight excluding hydrogens is 463 g/mol. The lowest BCUT2D eigenvalue weighted by molar-refractivity contribution is -0.123. The molecule has 1 atom stereocenters. The Labute approximate surface area is 197 Å². The van der Waals surface area contributed by atoms with E-state index >= 15 is 0 Å². The quantitative estimate of drug-likeness (QED) is 0.486. The predicted molar refractivity (Wildman–Crippen MR) is 125 cm³/mol. The fourth-order valence-corrected chi connectivity index (χ4v) is 4.19. The van der Waals surface area contributed by atoms with E-state index in [2.05, 4.69) is 5.32 Å². The van der Waals surface area contributed by atoms with E-state index in [1.165, 1.54) is 63.5 Å². The van der Waals surface area contributed by atoms with Gasteiger partial charge in [-0.2, -0.15) is 0 Å². The van der Waals surface area contributed by atoms with Crippen LogP contribution >= 0.6 is 0 Å². The Morgan fingerprint density at radius 2 is 1.68 bits per heavy atom. The van der Waals surface area contributed by atoms with E-state index in [0.29, 0.717) is 11.4 Å². The normalized spacial score (nSPS) is 11.9. The first kappa shape index (κ1) is 24.7. The number of benzene rings is 3. The van der Waals surface area contributed by atoms with Gasteiger partial charge in [-0.25, -0.2) is 17.6 Å². The minimum atomic E-state index is -3.99. The Bertz CT molecular complexity index is 1290. The van der Waals surface area contributed by atoms with Gasteiger partial charge in [0.1, 0.15) is 11.6 Å². The molecule has 0 unspecified atom stereocenters. The Balaban J connectivity index is 1.73. The van der Waals surface area contributed by atoms with Gasteiger partial charge in [0.15, 0.2) is 6.10 Å². The second kappa shape index (κ2) is 10.3. The second-order valence-electron chi connectivity index (χ2n) is 7.22. The molecule has 0 aromatic heterocycles. The van der Waals surface area contributed by atoms with Crippen LogP contribution in [0.2, 0.25) is 0 Å². The molecule has 3 aromatic carbocycles. The molecule has 0 bridgehead atoms. The molecule has 0 aliphatic heterocycles. The number of hydrogen-bond acceptors (Lipinski definition) is 6. The molecule has 8 nitrogen and oxygen atoms in total. The third kappa shape index (κ3) is 5.52. The number of carbonyl (C=O) groups excluding carboxylic acids is 2. The molecule has 0 fully saturated rings. The van der Waals surface area contributed by atoms with Crippen LogP contribution in [0.15, 0.2) is 77.7 Å². The van der Waals surface area contributed by atoms with E-state index in [1.54, 1.807) is 30.3 Å². The lowest BCUT2D eigenvalue weighted by Gasteiger charge is -2.20. The average molecular weight is 487 g/mol. The van der Waals surface area contributed by atoms with Crippen LogP contribution in [-0.4, -0.2) is 40.6 Å². The molecule has 0 spiro atoms. The van der Waals surface area contributed by atoms with Crippen LogP contribution in [0.3, 0.4) is 0 Å². The van der Waals surface area contributed by atoms with Crippen molar-refractivity contribution in [2.24, 2.45) is 0 Å². The maximum Gasteiger partial charge on any atom is 0.338 e. The molecule has 34 heavy (non-hydrogen) atoms. The molecule has 0 saturated heterocycles. The fourth-order valence-electron chi connectivity index (χ4n) is 2.95. The Hall–Kier alpha value is -3.92. The predicted octanol–water partition coefficient (Wildman–Crippen LogP) is 3.84. The number of sulfonamides is 1. The molecular formula is C24H23FN2O6S. The fraction of sp³-hybridized carbons (Fsp3) is 0.167. The highest BCUT2D eigenvalue weighted by Crippen LogP contribution is 2.25. The van der Waals surface area contributed by atoms with Crippen molar-refractivity contribution in [3.63, 3.8) is 0 Å². The van der Waals surface area contributed by atoms with Gasteiger partial charge in [-0.05, 0) is 61.5 Å². The van der Waals surface area contributed by atoms with Gasteiger partial charge < -0.3 is 14.8 Å². The molecule has 3 rings (SSSR count). The van der Waals surface area contributed by atoms with E-state index < -0.39 is 33.8 Å². The molecule has 178 valence electrons. The summed E-state index contributed by atoms with van der Waals surface area (Å²) in [6, 6.07) is 17.3. The topological polar surface area (TPSA) is 102 Å². The van der Waals surface area contributed by atoms with Crippen LogP contribution in [0, 0.1) is 5.82 Å². The van der Waals surface area contributed by atoms with E-state index in [4.69, 9.17) is 9.47 Å². The monoisotopic (exact) mass is 486 g/mol. The first-order valence-corrected chi connectivity index (χ1v) is 11.6. The maximum absolute atomic E-state index is 13.7. The van der Waals surface area contributed by atoms with Gasteiger partial charge in [-0.3, -0.25) is 9.10 Å². The van der Waals surface area contributed by atoms with Gasteiger partial charge in [-0.15, -0.1) is 0 Å². The number of halogens is 1. The van der Waals surface area contributed by atoms with Crippen molar-refractivity contribution in [3.8, 4) is 5.75 Å². The lowest BCUT2D eigenvalue weighted by atomic mass is 10.2. The van der Waals surface area contributed by atoms with Crippen molar-refractivity contribution in [2.45, 2.75) is 17.9 Å². The summed E-state index contributed by atoms with van der Waals surface area (Å²) in [4.78, 5) is 24.7. The molecule has 0 aliphatic rings. The zero-order valence-electron chi connectivity index (χ0n) is 18.7. The van der Waals surface area contributed by atoms with Crippen LogP contribution in [0.25, 0.3) is 0 Å². The minimum absolute atomic E-state index is 0.0509. The summed E-state index contributed by atoms with van der Waals surface area (Å²) in [6.07, 6.45) is -1.26. The number of carbonyl (C=O) groups is 2. The summed E-state index contributed by atoms with van der Waals surface area (Å²) in [7, 11) is -1.10. The molecule has 1 N–H and O–H groups in total. The summed E-state index contributed by atoms with van der Waals surface area (Å²) in [5, 5.41) is 2.34. The van der Waals surface area contributed by atoms with Crippen LogP contribution in [0.4, 0.5) is 15.8 Å². The number of nitrogens with zero attached hydrogens (tertiary/aromatic N) is 1. The van der Waals surface area contributed by atoms with Crippen LogP contribution < -0.4 is 14.4 Å². The van der Waals surface area contributed by atoms with Crippen molar-refractivity contribution in [1.29, 1.82) is 0 Å². The lowest BCUT2D eigenvalue weighted by Crippen LogP contribution is -2.30. The Kier molecular flexibility index (Phi) is 7.52. The highest BCUT2D eigenvalue weighted by Gasteiger charge is 2.24. The molecule has 0 aliphatic carbocycles. The van der Waals surface area contributed by atoms with Gasteiger partial charge in [0.2, 0.25) is 0 Å². The average Bonchev–Trinajstić information content (AvgIpc) is 2.85. The van der Waals surface area contributed by atoms with Crippen molar-refractivity contribution in [2.75, 3.05) is 23.8 Å². The van der Waals surface area contributed by atoms with Crippen molar-refractivity contribution in [3.05, 3.63) is 84.2 Å². The zero-order chi connectivity index (χ0) is 24.9. The summed E-state index contributed by atoms with van der Waals surface area (Å²) in [6.45, 7) is 1.33. The number of rotatable bonds is 8. The standard InChI is InChI=1S/C24H23FN2O6S/c1-16(23(28)26-22-10-5-4-9-21(22)25)33-24(29)17-7-6-8-20(15-17)34(30,31)27(2)18-11-13-19(32-3)14-12-18/h4-16H,1-3H3,(H,26,28)/t16-/m1/s1. The molecule has 0 radical (unpaired) electrons. The first-order valence-electron chi connectivity index (χ1n) is 10.1. The molecule has 0 saturated carbocycles. The number of ether oxygens (including phenoxy) is 2. The molecule has 10 heteroatoms. The number of methoxy groups -OCH3 is 1. The largest absolute Gasteiger partial charge is 0.497 e.